The van der Waals surface area contributed by atoms with E-state index in [1.54, 1.807) is 16.3 Å². The van der Waals surface area contributed by atoms with E-state index in [4.69, 9.17) is 30.1 Å². The van der Waals surface area contributed by atoms with Crippen LogP contribution in [0.4, 0.5) is 40.8 Å². The standard InChI is InChI=1S/C41H54F4N14O/c1-25-18-30(53-58(25)38-49-34(47-28-6-10-40(42,43)11-7-28)21-36(51-38)56-16-14-55(15-17-56)27(3)60)4-5-31-19-26(2)59(54-31)39-50-35(48-29-8-12-41(44,45)13-9-29)22-37(52-39)57-24-32-20-33(57)23-46-32/h18-19,21-22,28-29,32-33,46H,4-17,20,23-24H2,1-3H3,(H,47,49,51)(H,48,50,52)/t32-,33-/m1/s1. The molecule has 7 heterocycles. The van der Waals surface area contributed by atoms with E-state index in [2.05, 4.69) is 25.8 Å². The highest BCUT2D eigenvalue weighted by Gasteiger charge is 2.40. The van der Waals surface area contributed by atoms with Crippen LogP contribution in [0.15, 0.2) is 24.3 Å². The lowest BCUT2D eigenvalue weighted by Crippen LogP contribution is -2.48. The lowest BCUT2D eigenvalue weighted by molar-refractivity contribution is -0.129. The zero-order valence-electron chi connectivity index (χ0n) is 34.5. The van der Waals surface area contributed by atoms with Crippen molar-refractivity contribution in [2.24, 2.45) is 0 Å². The molecule has 2 saturated carbocycles. The smallest absolute Gasteiger partial charge is 0.254 e. The van der Waals surface area contributed by atoms with Gasteiger partial charge in [0.25, 0.3) is 11.9 Å². The fourth-order valence-electron chi connectivity index (χ4n) is 9.35. The molecule has 0 unspecified atom stereocenters. The van der Waals surface area contributed by atoms with Gasteiger partial charge in [-0.15, -0.1) is 0 Å². The third-order valence-corrected chi connectivity index (χ3v) is 12.8. The summed E-state index contributed by atoms with van der Waals surface area (Å²) in [7, 11) is 0. The summed E-state index contributed by atoms with van der Waals surface area (Å²) in [6, 6.07) is 8.36. The fourth-order valence-corrected chi connectivity index (χ4v) is 9.35. The SMILES string of the molecule is CC(=O)N1CCN(c2cc(NC3CCC(F)(F)CC3)nc(-n3nc(CCc4cc(C)n(-c5nc(NC6CCC(F)(F)CC6)cc(N6C[C@H]7C[C@@H]6CN7)n5)n4)cc3C)n2)CC1. The molecule has 0 aromatic carbocycles. The number of piperazine rings is 2. The number of fused-ring (bicyclic) bond motifs is 2. The summed E-state index contributed by atoms with van der Waals surface area (Å²) in [6.07, 6.45) is 3.06. The largest absolute Gasteiger partial charge is 0.367 e. The summed E-state index contributed by atoms with van der Waals surface area (Å²) >= 11 is 0. The quantitative estimate of drug-likeness (QED) is 0.170. The van der Waals surface area contributed by atoms with Crippen molar-refractivity contribution >= 4 is 29.2 Å². The highest BCUT2D eigenvalue weighted by atomic mass is 19.3. The summed E-state index contributed by atoms with van der Waals surface area (Å²) in [6.45, 7) is 9.59. The summed E-state index contributed by atoms with van der Waals surface area (Å²) < 4.78 is 59.4. The number of amides is 1. The van der Waals surface area contributed by atoms with Gasteiger partial charge in [0.1, 0.15) is 23.3 Å². The van der Waals surface area contributed by atoms with Crippen molar-refractivity contribution in [3.8, 4) is 11.9 Å². The second kappa shape index (κ2) is 16.1. The van der Waals surface area contributed by atoms with Crippen LogP contribution in [-0.2, 0) is 17.6 Å². The van der Waals surface area contributed by atoms with Gasteiger partial charge in [-0.05, 0) is 70.9 Å². The Hall–Kier alpha value is -5.07. The first-order valence-electron chi connectivity index (χ1n) is 21.4. The number of nitrogens with zero attached hydrogens (tertiary/aromatic N) is 11. The molecule has 19 heteroatoms. The van der Waals surface area contributed by atoms with Crippen LogP contribution in [0.25, 0.3) is 11.9 Å². The van der Waals surface area contributed by atoms with Gasteiger partial charge in [-0.3, -0.25) is 4.79 Å². The molecule has 2 atom stereocenters. The lowest BCUT2D eigenvalue weighted by Gasteiger charge is -2.35. The average molecular weight is 835 g/mol. The van der Waals surface area contributed by atoms with Crippen molar-refractivity contribution in [1.29, 1.82) is 0 Å². The first-order chi connectivity index (χ1) is 28.7. The van der Waals surface area contributed by atoms with Crippen LogP contribution in [-0.4, -0.2) is 126 Å². The number of hydrogen-bond acceptors (Lipinski definition) is 12. The van der Waals surface area contributed by atoms with Gasteiger partial charge in [0.2, 0.25) is 17.8 Å². The minimum absolute atomic E-state index is 0.0375. The number of anilines is 4. The summed E-state index contributed by atoms with van der Waals surface area (Å²) in [4.78, 5) is 37.9. The molecule has 60 heavy (non-hydrogen) atoms. The van der Waals surface area contributed by atoms with E-state index in [1.807, 2.05) is 43.0 Å². The van der Waals surface area contributed by atoms with Gasteiger partial charge < -0.3 is 30.7 Å². The molecule has 3 aliphatic heterocycles. The molecular formula is C41H54F4N14O. The maximum atomic E-state index is 14.0. The molecule has 2 aliphatic carbocycles. The van der Waals surface area contributed by atoms with Crippen LogP contribution in [0, 0.1) is 13.8 Å². The number of rotatable bonds is 11. The number of halogens is 4. The van der Waals surface area contributed by atoms with Gasteiger partial charge in [0.05, 0.1) is 11.4 Å². The van der Waals surface area contributed by atoms with Crippen LogP contribution in [0.3, 0.4) is 0 Å². The van der Waals surface area contributed by atoms with E-state index < -0.39 is 11.8 Å². The first-order valence-corrected chi connectivity index (χ1v) is 21.4. The van der Waals surface area contributed by atoms with Crippen LogP contribution in [0.5, 0.6) is 0 Å². The topological polar surface area (TPSA) is 150 Å². The predicted octanol–water partition coefficient (Wildman–Crippen LogP) is 5.24. The van der Waals surface area contributed by atoms with Crippen molar-refractivity contribution in [3.63, 3.8) is 0 Å². The van der Waals surface area contributed by atoms with Gasteiger partial charge >= 0.3 is 0 Å². The molecule has 4 aromatic heterocycles. The van der Waals surface area contributed by atoms with Crippen LogP contribution in [0.2, 0.25) is 0 Å². The normalized spacial score (nSPS) is 23.1. The number of carbonyl (C=O) groups is 1. The molecule has 15 nitrogen and oxygen atoms in total. The fraction of sp³-hybridized carbons (Fsp3) is 0.634. The Kier molecular flexibility index (Phi) is 10.8. The number of hydrogen-bond donors (Lipinski definition) is 3. The van der Waals surface area contributed by atoms with Gasteiger partial charge in [-0.1, -0.05) is 0 Å². The number of aryl methyl sites for hydroxylation is 4. The molecule has 2 bridgehead atoms. The van der Waals surface area contributed by atoms with Crippen LogP contribution in [0.1, 0.15) is 87.5 Å². The third-order valence-electron chi connectivity index (χ3n) is 12.8. The Bertz CT molecular complexity index is 2180. The van der Waals surface area contributed by atoms with E-state index in [-0.39, 0.29) is 43.7 Å². The van der Waals surface area contributed by atoms with E-state index in [1.165, 1.54) is 0 Å². The molecule has 9 rings (SSSR count). The highest BCUT2D eigenvalue weighted by Crippen LogP contribution is 2.36. The lowest BCUT2D eigenvalue weighted by atomic mass is 9.92. The summed E-state index contributed by atoms with van der Waals surface area (Å²) in [5, 5.41) is 20.3. The van der Waals surface area contributed by atoms with Crippen LogP contribution < -0.4 is 25.8 Å². The third kappa shape index (κ3) is 8.86. The number of alkyl halides is 4. The Morgan fingerprint density at radius 1 is 0.733 bits per heavy atom. The molecule has 4 aromatic rings. The molecule has 5 aliphatic rings. The number of nitrogens with one attached hydrogen (secondary N) is 3. The summed E-state index contributed by atoms with van der Waals surface area (Å²) in [5.74, 6) is -1.76. The number of aromatic nitrogens is 8. The number of carbonyl (C=O) groups excluding carboxylic acids is 1. The molecule has 0 spiro atoms. The Morgan fingerprint density at radius 2 is 1.23 bits per heavy atom. The molecule has 0 radical (unpaired) electrons. The van der Waals surface area contributed by atoms with E-state index in [0.717, 1.165) is 48.1 Å². The maximum absolute atomic E-state index is 14.0. The van der Waals surface area contributed by atoms with Crippen molar-refractivity contribution in [3.05, 3.63) is 47.0 Å². The van der Waals surface area contributed by atoms with Crippen molar-refractivity contribution in [2.75, 3.05) is 59.7 Å². The van der Waals surface area contributed by atoms with Crippen molar-refractivity contribution in [2.45, 2.75) is 127 Å². The van der Waals surface area contributed by atoms with Crippen molar-refractivity contribution < 1.29 is 22.4 Å². The Morgan fingerprint density at radius 3 is 1.70 bits per heavy atom. The Balaban J connectivity index is 0.931. The van der Waals surface area contributed by atoms with E-state index >= 15 is 0 Å². The molecule has 322 valence electrons. The van der Waals surface area contributed by atoms with Gasteiger partial charge in [0.15, 0.2) is 0 Å². The average Bonchev–Trinajstić information content (AvgIpc) is 4.03. The van der Waals surface area contributed by atoms with Gasteiger partial charge in [-0.2, -0.15) is 30.1 Å². The molecule has 5 fully saturated rings. The molecule has 3 saturated heterocycles. The zero-order valence-corrected chi connectivity index (χ0v) is 34.5. The molecular weight excluding hydrogens is 781 g/mol. The summed E-state index contributed by atoms with van der Waals surface area (Å²) in [5.41, 5.74) is 3.38. The van der Waals surface area contributed by atoms with E-state index in [9.17, 15) is 22.4 Å². The highest BCUT2D eigenvalue weighted by molar-refractivity contribution is 5.73. The van der Waals surface area contributed by atoms with Gasteiger partial charge in [-0.25, -0.2) is 26.9 Å². The van der Waals surface area contributed by atoms with Crippen LogP contribution >= 0.6 is 0 Å². The molecule has 3 N–H and O–H groups in total. The minimum Gasteiger partial charge on any atom is -0.367 e. The monoisotopic (exact) mass is 834 g/mol. The Labute approximate surface area is 346 Å². The van der Waals surface area contributed by atoms with E-state index in [0.29, 0.717) is 106 Å². The zero-order chi connectivity index (χ0) is 41.8. The molecule has 1 amide bonds. The first kappa shape index (κ1) is 40.3. The minimum atomic E-state index is -2.64. The van der Waals surface area contributed by atoms with Crippen molar-refractivity contribution in [1.82, 2.24) is 49.7 Å². The second-order valence-corrected chi connectivity index (χ2v) is 17.4. The van der Waals surface area contributed by atoms with Gasteiger partial charge in [0, 0.05) is 120 Å². The maximum Gasteiger partial charge on any atom is 0.254 e. The predicted molar refractivity (Wildman–Crippen MR) is 219 cm³/mol. The second-order valence-electron chi connectivity index (χ2n) is 17.4.